The van der Waals surface area contributed by atoms with Gasteiger partial charge in [0.25, 0.3) is 0 Å². The molecule has 1 heterocycles. The van der Waals surface area contributed by atoms with Crippen LogP contribution in [0.4, 0.5) is 0 Å². The van der Waals surface area contributed by atoms with E-state index in [2.05, 4.69) is 36.3 Å². The second-order valence-electron chi connectivity index (χ2n) is 8.14. The van der Waals surface area contributed by atoms with Gasteiger partial charge in [0.15, 0.2) is 5.82 Å². The first kappa shape index (κ1) is 20.6. The number of nitrogens with zero attached hydrogens (tertiary/aromatic N) is 3. The molecule has 0 bridgehead atoms. The largest absolute Gasteiger partial charge is 0.350 e. The maximum Gasteiger partial charge on any atom is 0.230 e. The lowest BCUT2D eigenvalue weighted by atomic mass is 9.82. The number of amides is 1. The highest BCUT2D eigenvalue weighted by molar-refractivity contribution is 7.99. The van der Waals surface area contributed by atoms with Crippen LogP contribution in [0.25, 0.3) is 11.4 Å². The monoisotopic (exact) mass is 395 g/mol. The van der Waals surface area contributed by atoms with Crippen LogP contribution < -0.4 is 11.2 Å². The van der Waals surface area contributed by atoms with Gasteiger partial charge in [-0.25, -0.2) is 4.68 Å². The van der Waals surface area contributed by atoms with Crippen LogP contribution in [0.5, 0.6) is 0 Å². The van der Waals surface area contributed by atoms with Crippen molar-refractivity contribution in [2.24, 2.45) is 5.41 Å². The van der Waals surface area contributed by atoms with E-state index in [9.17, 15) is 4.79 Å². The van der Waals surface area contributed by atoms with Crippen molar-refractivity contribution in [1.82, 2.24) is 20.2 Å². The highest BCUT2D eigenvalue weighted by atomic mass is 35.5. The standard InChI is InChI=1S/C18H26ClN5OS/c1-17(2,3)11-18(4,5)21-14(25)10-26-16-23-22-15(24(16)20)12-7-6-8-13(19)9-12/h6-9H,10-11,20H2,1-5H3,(H,21,25). The van der Waals surface area contributed by atoms with Gasteiger partial charge in [0.1, 0.15) is 0 Å². The Bertz CT molecular complexity index is 782. The first-order valence-corrected chi connectivity index (χ1v) is 9.73. The van der Waals surface area contributed by atoms with Gasteiger partial charge >= 0.3 is 0 Å². The third-order valence-corrected chi connectivity index (χ3v) is 4.71. The van der Waals surface area contributed by atoms with Crippen LogP contribution in [0.1, 0.15) is 41.0 Å². The molecule has 1 aromatic carbocycles. The van der Waals surface area contributed by atoms with Crippen LogP contribution in [0.2, 0.25) is 5.02 Å². The summed E-state index contributed by atoms with van der Waals surface area (Å²) in [7, 11) is 0. The molecule has 0 aliphatic carbocycles. The highest BCUT2D eigenvalue weighted by Gasteiger charge is 2.27. The van der Waals surface area contributed by atoms with Crippen molar-refractivity contribution in [1.29, 1.82) is 0 Å². The molecule has 0 saturated carbocycles. The Kier molecular flexibility index (Phi) is 6.24. The molecule has 0 spiro atoms. The normalized spacial score (nSPS) is 12.2. The molecule has 0 aliphatic heterocycles. The number of carbonyl (C=O) groups is 1. The van der Waals surface area contributed by atoms with Gasteiger partial charge in [-0.2, -0.15) is 0 Å². The van der Waals surface area contributed by atoms with E-state index in [4.69, 9.17) is 17.4 Å². The van der Waals surface area contributed by atoms with Crippen LogP contribution >= 0.6 is 23.4 Å². The van der Waals surface area contributed by atoms with Gasteiger partial charge < -0.3 is 11.2 Å². The minimum Gasteiger partial charge on any atom is -0.350 e. The molecular weight excluding hydrogens is 370 g/mol. The van der Waals surface area contributed by atoms with Gasteiger partial charge in [-0.15, -0.1) is 10.2 Å². The van der Waals surface area contributed by atoms with E-state index in [1.165, 1.54) is 16.4 Å². The number of halogens is 1. The maximum atomic E-state index is 12.3. The predicted molar refractivity (Wildman–Crippen MR) is 108 cm³/mol. The van der Waals surface area contributed by atoms with Gasteiger partial charge in [-0.05, 0) is 37.8 Å². The summed E-state index contributed by atoms with van der Waals surface area (Å²) in [6, 6.07) is 7.23. The lowest BCUT2D eigenvalue weighted by Gasteiger charge is -2.33. The second-order valence-corrected chi connectivity index (χ2v) is 9.52. The predicted octanol–water partition coefficient (Wildman–Crippen LogP) is 3.74. The van der Waals surface area contributed by atoms with Crippen LogP contribution in [0.3, 0.4) is 0 Å². The van der Waals surface area contributed by atoms with E-state index in [1.807, 2.05) is 26.0 Å². The first-order chi connectivity index (χ1) is 12.0. The average Bonchev–Trinajstić information content (AvgIpc) is 2.83. The van der Waals surface area contributed by atoms with Crippen LogP contribution in [-0.2, 0) is 4.79 Å². The Morgan fingerprint density at radius 2 is 1.96 bits per heavy atom. The molecule has 8 heteroatoms. The number of rotatable bonds is 6. The summed E-state index contributed by atoms with van der Waals surface area (Å²) in [4.78, 5) is 12.3. The number of nitrogen functional groups attached to an aromatic ring is 1. The number of thioether (sulfide) groups is 1. The smallest absolute Gasteiger partial charge is 0.230 e. The molecule has 3 N–H and O–H groups in total. The summed E-state index contributed by atoms with van der Waals surface area (Å²) in [5, 5.41) is 12.3. The maximum absolute atomic E-state index is 12.3. The molecule has 142 valence electrons. The topological polar surface area (TPSA) is 85.8 Å². The van der Waals surface area contributed by atoms with E-state index in [-0.39, 0.29) is 22.6 Å². The van der Waals surface area contributed by atoms with E-state index in [0.717, 1.165) is 12.0 Å². The fourth-order valence-electron chi connectivity index (χ4n) is 3.11. The van der Waals surface area contributed by atoms with E-state index in [0.29, 0.717) is 16.0 Å². The lowest BCUT2D eigenvalue weighted by molar-refractivity contribution is -0.120. The number of carbonyl (C=O) groups excluding carboxylic acids is 1. The summed E-state index contributed by atoms with van der Waals surface area (Å²) < 4.78 is 1.38. The molecule has 2 aromatic rings. The van der Waals surface area contributed by atoms with Crippen LogP contribution in [0.15, 0.2) is 29.4 Å². The molecule has 0 radical (unpaired) electrons. The van der Waals surface area contributed by atoms with Gasteiger partial charge in [0.2, 0.25) is 11.1 Å². The van der Waals surface area contributed by atoms with E-state index in [1.54, 1.807) is 12.1 Å². The van der Waals surface area contributed by atoms with E-state index < -0.39 is 0 Å². The van der Waals surface area contributed by atoms with Crippen molar-refractivity contribution < 1.29 is 4.79 Å². The summed E-state index contributed by atoms with van der Waals surface area (Å²) in [6.07, 6.45) is 0.877. The molecule has 0 fully saturated rings. The molecule has 0 unspecified atom stereocenters. The zero-order valence-electron chi connectivity index (χ0n) is 15.8. The van der Waals surface area contributed by atoms with E-state index >= 15 is 0 Å². The van der Waals surface area contributed by atoms with Crippen LogP contribution in [-0.4, -0.2) is 32.1 Å². The van der Waals surface area contributed by atoms with Crippen molar-refractivity contribution in [3.63, 3.8) is 0 Å². The zero-order chi connectivity index (χ0) is 19.5. The van der Waals surface area contributed by atoms with Crippen molar-refractivity contribution in [2.45, 2.75) is 51.7 Å². The molecule has 1 aromatic heterocycles. The van der Waals surface area contributed by atoms with Crippen molar-refractivity contribution in [3.05, 3.63) is 29.3 Å². The number of aromatic nitrogens is 3. The van der Waals surface area contributed by atoms with Crippen molar-refractivity contribution in [2.75, 3.05) is 11.6 Å². The quantitative estimate of drug-likeness (QED) is 0.574. The molecule has 2 rings (SSSR count). The third kappa shape index (κ3) is 5.92. The average molecular weight is 396 g/mol. The first-order valence-electron chi connectivity index (χ1n) is 8.37. The Morgan fingerprint density at radius 3 is 2.58 bits per heavy atom. The summed E-state index contributed by atoms with van der Waals surface area (Å²) in [6.45, 7) is 10.5. The van der Waals surface area contributed by atoms with Crippen LogP contribution in [0, 0.1) is 5.41 Å². The summed E-state index contributed by atoms with van der Waals surface area (Å²) in [5.41, 5.74) is 0.626. The molecule has 26 heavy (non-hydrogen) atoms. The van der Waals surface area contributed by atoms with Gasteiger partial charge in [0, 0.05) is 16.1 Å². The number of nitrogens with one attached hydrogen (secondary N) is 1. The van der Waals surface area contributed by atoms with Gasteiger partial charge in [0.05, 0.1) is 5.75 Å². The third-order valence-electron chi connectivity index (χ3n) is 3.53. The molecule has 0 atom stereocenters. The van der Waals surface area contributed by atoms with Gasteiger partial charge in [-0.3, -0.25) is 4.79 Å². The highest BCUT2D eigenvalue weighted by Crippen LogP contribution is 2.27. The number of hydrogen-bond acceptors (Lipinski definition) is 5. The number of benzene rings is 1. The second kappa shape index (κ2) is 7.88. The molecule has 1 amide bonds. The molecule has 0 aliphatic rings. The zero-order valence-corrected chi connectivity index (χ0v) is 17.4. The Balaban J connectivity index is 1.99. The van der Waals surface area contributed by atoms with Crippen molar-refractivity contribution in [3.8, 4) is 11.4 Å². The SMILES string of the molecule is CC(C)(C)CC(C)(C)NC(=O)CSc1nnc(-c2cccc(Cl)c2)n1N. The molecular formula is C18H26ClN5OS. The molecule has 0 saturated heterocycles. The number of hydrogen-bond donors (Lipinski definition) is 2. The fraction of sp³-hybridized carbons (Fsp3) is 0.500. The summed E-state index contributed by atoms with van der Waals surface area (Å²) in [5.74, 6) is 6.74. The minimum absolute atomic E-state index is 0.0587. The number of nitrogens with two attached hydrogens (primary N) is 1. The minimum atomic E-state index is -0.280. The summed E-state index contributed by atoms with van der Waals surface area (Å²) >= 11 is 7.26. The Morgan fingerprint density at radius 1 is 1.27 bits per heavy atom. The lowest BCUT2D eigenvalue weighted by Crippen LogP contribution is -2.46. The van der Waals surface area contributed by atoms with Gasteiger partial charge in [-0.1, -0.05) is 56.3 Å². The Hall–Kier alpha value is -1.73. The van der Waals surface area contributed by atoms with Crippen molar-refractivity contribution >= 4 is 29.3 Å². The Labute approximate surface area is 163 Å². The fourth-order valence-corrected chi connectivity index (χ4v) is 3.96. The molecule has 6 nitrogen and oxygen atoms in total.